The molecule has 0 heterocycles. The van der Waals surface area contributed by atoms with Crippen molar-refractivity contribution in [2.75, 3.05) is 0 Å². The van der Waals surface area contributed by atoms with Gasteiger partial charge in [0.2, 0.25) is 0 Å². The maximum Gasteiger partial charge on any atom is 0.0655 e. The molecule has 1 unspecified atom stereocenters. The van der Waals surface area contributed by atoms with Crippen LogP contribution in [0, 0.1) is 24.2 Å². The van der Waals surface area contributed by atoms with Gasteiger partial charge in [-0.1, -0.05) is 97.3 Å². The molecule has 20 heavy (non-hydrogen) atoms. The van der Waals surface area contributed by atoms with E-state index in [0.29, 0.717) is 0 Å². The van der Waals surface area contributed by atoms with E-state index >= 15 is 0 Å². The standard InChI is InChI=1S/C19H36N/c1-3-5-6-7-8-9-10-11-12-13-14-15-17-19(18-20)16-4-2/h19H,2-17H2,1H3. The van der Waals surface area contributed by atoms with Crippen molar-refractivity contribution in [3.63, 3.8) is 0 Å². The van der Waals surface area contributed by atoms with E-state index in [1.165, 1.54) is 77.0 Å². The van der Waals surface area contributed by atoms with Crippen LogP contribution in [0.2, 0.25) is 0 Å². The summed E-state index contributed by atoms with van der Waals surface area (Å²) in [6, 6.07) is 2.40. The first-order valence-corrected chi connectivity index (χ1v) is 9.04. The molecular formula is C19H36N. The normalized spacial score (nSPS) is 12.2. The quantitative estimate of drug-likeness (QED) is 0.301. The lowest BCUT2D eigenvalue weighted by Crippen LogP contribution is -1.96. The first-order chi connectivity index (χ1) is 9.85. The Kier molecular flexibility index (Phi) is 16.1. The molecule has 1 nitrogen and oxygen atoms in total. The molecule has 0 saturated carbocycles. The molecule has 0 aromatic heterocycles. The smallest absolute Gasteiger partial charge is 0.0655 e. The SMILES string of the molecule is [CH2]CCC(C#N)CCCCCCCCCCCCCC. The van der Waals surface area contributed by atoms with Crippen molar-refractivity contribution in [3.8, 4) is 6.07 Å². The lowest BCUT2D eigenvalue weighted by Gasteiger charge is -2.07. The van der Waals surface area contributed by atoms with Crippen LogP contribution in [0.5, 0.6) is 0 Å². The van der Waals surface area contributed by atoms with Gasteiger partial charge in [0.15, 0.2) is 0 Å². The van der Waals surface area contributed by atoms with Gasteiger partial charge in [0.1, 0.15) is 0 Å². The van der Waals surface area contributed by atoms with Crippen LogP contribution in [0.4, 0.5) is 0 Å². The molecule has 0 fully saturated rings. The Labute approximate surface area is 128 Å². The van der Waals surface area contributed by atoms with Crippen molar-refractivity contribution in [2.45, 2.75) is 103 Å². The third-order valence-corrected chi connectivity index (χ3v) is 4.14. The van der Waals surface area contributed by atoms with Crippen molar-refractivity contribution >= 4 is 0 Å². The first-order valence-electron chi connectivity index (χ1n) is 9.04. The molecular weight excluding hydrogens is 242 g/mol. The molecule has 0 aliphatic rings. The molecule has 0 aliphatic heterocycles. The molecule has 117 valence electrons. The van der Waals surface area contributed by atoms with E-state index in [4.69, 9.17) is 5.26 Å². The van der Waals surface area contributed by atoms with Gasteiger partial charge in [-0.25, -0.2) is 0 Å². The second-order valence-corrected chi connectivity index (χ2v) is 6.15. The molecule has 1 heteroatoms. The number of hydrogen-bond acceptors (Lipinski definition) is 1. The molecule has 0 amide bonds. The minimum Gasteiger partial charge on any atom is -0.198 e. The van der Waals surface area contributed by atoms with Crippen LogP contribution in [-0.2, 0) is 0 Å². The predicted octanol–water partition coefficient (Wildman–Crippen LogP) is 6.83. The average Bonchev–Trinajstić information content (AvgIpc) is 2.47. The predicted molar refractivity (Wildman–Crippen MR) is 89.4 cm³/mol. The molecule has 0 spiro atoms. The van der Waals surface area contributed by atoms with Gasteiger partial charge in [0.25, 0.3) is 0 Å². The first kappa shape index (κ1) is 19.5. The van der Waals surface area contributed by atoms with Gasteiger partial charge >= 0.3 is 0 Å². The van der Waals surface area contributed by atoms with Crippen LogP contribution < -0.4 is 0 Å². The Balaban J connectivity index is 3.11. The highest BCUT2D eigenvalue weighted by molar-refractivity contribution is 4.82. The minimum absolute atomic E-state index is 0.260. The molecule has 0 bridgehead atoms. The van der Waals surface area contributed by atoms with Crippen LogP contribution in [0.15, 0.2) is 0 Å². The van der Waals surface area contributed by atoms with Gasteiger partial charge in [0.05, 0.1) is 6.07 Å². The number of nitrogens with zero attached hydrogens (tertiary/aromatic N) is 1. The zero-order valence-corrected chi connectivity index (χ0v) is 13.8. The zero-order chi connectivity index (χ0) is 14.9. The highest BCUT2D eigenvalue weighted by Gasteiger charge is 2.04. The van der Waals surface area contributed by atoms with Gasteiger partial charge in [-0.15, -0.1) is 0 Å². The fourth-order valence-corrected chi connectivity index (χ4v) is 2.75. The van der Waals surface area contributed by atoms with E-state index in [-0.39, 0.29) is 5.92 Å². The van der Waals surface area contributed by atoms with E-state index < -0.39 is 0 Å². The highest BCUT2D eigenvalue weighted by atomic mass is 14.3. The van der Waals surface area contributed by atoms with Gasteiger partial charge in [-0.3, -0.25) is 0 Å². The number of nitriles is 1. The molecule has 1 radical (unpaired) electrons. The molecule has 0 rings (SSSR count). The fraction of sp³-hybridized carbons (Fsp3) is 0.895. The van der Waals surface area contributed by atoms with E-state index in [1.54, 1.807) is 0 Å². The summed E-state index contributed by atoms with van der Waals surface area (Å²) in [7, 11) is 0. The van der Waals surface area contributed by atoms with Crippen molar-refractivity contribution in [3.05, 3.63) is 6.92 Å². The van der Waals surface area contributed by atoms with Gasteiger partial charge in [-0.2, -0.15) is 5.26 Å². The molecule has 0 saturated heterocycles. The Bertz CT molecular complexity index is 216. The van der Waals surface area contributed by atoms with Crippen molar-refractivity contribution in [1.29, 1.82) is 5.26 Å². The van der Waals surface area contributed by atoms with E-state index in [9.17, 15) is 0 Å². The number of rotatable bonds is 15. The van der Waals surface area contributed by atoms with Crippen molar-refractivity contribution in [2.24, 2.45) is 5.92 Å². The van der Waals surface area contributed by atoms with Crippen LogP contribution in [0.3, 0.4) is 0 Å². The lowest BCUT2D eigenvalue weighted by molar-refractivity contribution is 0.496. The Hall–Kier alpha value is -0.510. The second-order valence-electron chi connectivity index (χ2n) is 6.15. The van der Waals surface area contributed by atoms with Crippen LogP contribution in [0.1, 0.15) is 103 Å². The van der Waals surface area contributed by atoms with Crippen LogP contribution in [0.25, 0.3) is 0 Å². The average molecular weight is 279 g/mol. The van der Waals surface area contributed by atoms with E-state index in [0.717, 1.165) is 19.3 Å². The second kappa shape index (κ2) is 16.5. The minimum atomic E-state index is 0.260. The van der Waals surface area contributed by atoms with E-state index in [2.05, 4.69) is 19.9 Å². The van der Waals surface area contributed by atoms with Crippen LogP contribution in [-0.4, -0.2) is 0 Å². The lowest BCUT2D eigenvalue weighted by atomic mass is 9.97. The largest absolute Gasteiger partial charge is 0.198 e. The Morgan fingerprint density at radius 3 is 1.60 bits per heavy atom. The number of hydrogen-bond donors (Lipinski definition) is 0. The summed E-state index contributed by atoms with van der Waals surface area (Å²) in [5, 5.41) is 8.96. The Morgan fingerprint density at radius 2 is 1.20 bits per heavy atom. The van der Waals surface area contributed by atoms with Gasteiger partial charge in [0, 0.05) is 5.92 Å². The Morgan fingerprint density at radius 1 is 0.750 bits per heavy atom. The maximum absolute atomic E-state index is 8.96. The summed E-state index contributed by atoms with van der Waals surface area (Å²) in [6.45, 7) is 6.11. The monoisotopic (exact) mass is 278 g/mol. The fourth-order valence-electron chi connectivity index (χ4n) is 2.75. The summed E-state index contributed by atoms with van der Waals surface area (Å²) in [6.07, 6.45) is 19.6. The highest BCUT2D eigenvalue weighted by Crippen LogP contribution is 2.16. The third kappa shape index (κ3) is 13.9. The summed E-state index contributed by atoms with van der Waals surface area (Å²) in [4.78, 5) is 0. The maximum atomic E-state index is 8.96. The van der Waals surface area contributed by atoms with Crippen molar-refractivity contribution < 1.29 is 0 Å². The van der Waals surface area contributed by atoms with Gasteiger partial charge < -0.3 is 0 Å². The molecule has 0 aromatic rings. The zero-order valence-electron chi connectivity index (χ0n) is 13.8. The summed E-state index contributed by atoms with van der Waals surface area (Å²) in [5.41, 5.74) is 0. The summed E-state index contributed by atoms with van der Waals surface area (Å²) >= 11 is 0. The molecule has 0 aliphatic carbocycles. The van der Waals surface area contributed by atoms with E-state index in [1.807, 2.05) is 0 Å². The number of unbranched alkanes of at least 4 members (excludes halogenated alkanes) is 11. The molecule has 0 N–H and O–H groups in total. The topological polar surface area (TPSA) is 23.8 Å². The summed E-state index contributed by atoms with van der Waals surface area (Å²) in [5.74, 6) is 0.260. The molecule has 1 atom stereocenters. The van der Waals surface area contributed by atoms with Crippen LogP contribution >= 0.6 is 0 Å². The van der Waals surface area contributed by atoms with Crippen molar-refractivity contribution in [1.82, 2.24) is 0 Å². The van der Waals surface area contributed by atoms with Gasteiger partial charge in [-0.05, 0) is 12.8 Å². The third-order valence-electron chi connectivity index (χ3n) is 4.14. The summed E-state index contributed by atoms with van der Waals surface area (Å²) < 4.78 is 0. The molecule has 0 aromatic carbocycles.